The second-order valence-electron chi connectivity index (χ2n) is 5.25. The van der Waals surface area contributed by atoms with E-state index in [1.807, 2.05) is 30.5 Å². The van der Waals surface area contributed by atoms with Crippen molar-refractivity contribution in [1.82, 2.24) is 20.4 Å². The Bertz CT molecular complexity index is 564. The molecule has 0 spiro atoms. The summed E-state index contributed by atoms with van der Waals surface area (Å²) in [5.74, 6) is 0. The first-order valence-electron chi connectivity index (χ1n) is 7.20. The average molecular weight is 306 g/mol. The summed E-state index contributed by atoms with van der Waals surface area (Å²) in [5, 5.41) is 12.3. The van der Waals surface area contributed by atoms with Crippen molar-refractivity contribution in [2.45, 2.75) is 39.3 Å². The molecule has 0 aromatic carbocycles. The lowest BCUT2D eigenvalue weighted by Crippen LogP contribution is -2.41. The zero-order valence-corrected chi connectivity index (χ0v) is 13.5. The van der Waals surface area contributed by atoms with Gasteiger partial charge in [0.2, 0.25) is 0 Å². The molecule has 114 valence electrons. The Morgan fingerprint density at radius 3 is 3.05 bits per heavy atom. The Kier molecular flexibility index (Phi) is 5.38. The van der Waals surface area contributed by atoms with Crippen molar-refractivity contribution in [2.75, 3.05) is 7.05 Å². The van der Waals surface area contributed by atoms with Crippen molar-refractivity contribution >= 4 is 17.4 Å². The number of hydrogen-bond donors (Lipinski definition) is 2. The van der Waals surface area contributed by atoms with Gasteiger partial charge in [-0.25, -0.2) is 4.79 Å². The maximum atomic E-state index is 12.1. The van der Waals surface area contributed by atoms with Crippen LogP contribution in [-0.2, 0) is 6.54 Å². The van der Waals surface area contributed by atoms with Gasteiger partial charge in [0.05, 0.1) is 17.1 Å². The van der Waals surface area contributed by atoms with Gasteiger partial charge in [-0.2, -0.15) is 5.10 Å². The summed E-state index contributed by atoms with van der Waals surface area (Å²) in [6.07, 6.45) is 2.06. The van der Waals surface area contributed by atoms with E-state index < -0.39 is 0 Å². The number of rotatable bonds is 6. The normalized spacial score (nSPS) is 12.1. The lowest BCUT2D eigenvalue weighted by molar-refractivity contribution is 0.202. The second kappa shape index (κ2) is 7.26. The van der Waals surface area contributed by atoms with Gasteiger partial charge in [-0.1, -0.05) is 19.4 Å². The molecule has 21 heavy (non-hydrogen) atoms. The van der Waals surface area contributed by atoms with Gasteiger partial charge < -0.3 is 10.2 Å². The maximum Gasteiger partial charge on any atom is 0.317 e. The van der Waals surface area contributed by atoms with E-state index >= 15 is 0 Å². The van der Waals surface area contributed by atoms with Crippen LogP contribution in [0.5, 0.6) is 0 Å². The summed E-state index contributed by atoms with van der Waals surface area (Å²) in [6, 6.07) is 6.18. The molecule has 0 radical (unpaired) electrons. The van der Waals surface area contributed by atoms with Crippen molar-refractivity contribution in [3.05, 3.63) is 29.3 Å². The standard InChI is InChI=1S/C15H22N4OS/c1-4-6-11(2)16-15(20)19(3)10-12-9-13(18-17-12)14-7-5-8-21-14/h5,7-9,11H,4,6,10H2,1-3H3,(H,16,20)(H,17,18). The third-order valence-corrected chi connectivity index (χ3v) is 4.14. The van der Waals surface area contributed by atoms with E-state index in [1.54, 1.807) is 23.3 Å². The lowest BCUT2D eigenvalue weighted by atomic mass is 10.2. The van der Waals surface area contributed by atoms with Crippen LogP contribution < -0.4 is 5.32 Å². The van der Waals surface area contributed by atoms with Crippen LogP contribution in [0.2, 0.25) is 0 Å². The molecule has 2 aromatic rings. The largest absolute Gasteiger partial charge is 0.336 e. The van der Waals surface area contributed by atoms with E-state index in [-0.39, 0.29) is 12.1 Å². The molecule has 5 nitrogen and oxygen atoms in total. The molecule has 0 fully saturated rings. The minimum atomic E-state index is -0.0526. The molecule has 6 heteroatoms. The zero-order chi connectivity index (χ0) is 15.2. The van der Waals surface area contributed by atoms with Gasteiger partial charge in [-0.05, 0) is 30.9 Å². The van der Waals surface area contributed by atoms with Crippen LogP contribution in [0.25, 0.3) is 10.6 Å². The molecule has 1 atom stereocenters. The van der Waals surface area contributed by atoms with Crippen LogP contribution in [0.4, 0.5) is 4.79 Å². The minimum absolute atomic E-state index is 0.0526. The van der Waals surface area contributed by atoms with Crippen LogP contribution in [-0.4, -0.2) is 34.2 Å². The average Bonchev–Trinajstić information content (AvgIpc) is 3.08. The first-order chi connectivity index (χ1) is 10.1. The molecule has 1 unspecified atom stereocenters. The topological polar surface area (TPSA) is 61.0 Å². The predicted molar refractivity (Wildman–Crippen MR) is 86.3 cm³/mol. The smallest absolute Gasteiger partial charge is 0.317 e. The van der Waals surface area contributed by atoms with E-state index in [2.05, 4.69) is 22.4 Å². The monoisotopic (exact) mass is 306 g/mol. The van der Waals surface area contributed by atoms with Gasteiger partial charge in [0, 0.05) is 13.1 Å². The van der Waals surface area contributed by atoms with Gasteiger partial charge in [0.15, 0.2) is 0 Å². The van der Waals surface area contributed by atoms with Crippen molar-refractivity contribution in [3.8, 4) is 10.6 Å². The molecule has 2 heterocycles. The molecule has 0 aliphatic heterocycles. The SMILES string of the molecule is CCCC(C)NC(=O)N(C)Cc1cc(-c2cccs2)n[nH]1. The van der Waals surface area contributed by atoms with Crippen LogP contribution in [0.15, 0.2) is 23.6 Å². The van der Waals surface area contributed by atoms with Crippen molar-refractivity contribution < 1.29 is 4.79 Å². The summed E-state index contributed by atoms with van der Waals surface area (Å²) in [5.41, 5.74) is 1.85. The first kappa shape index (κ1) is 15.6. The van der Waals surface area contributed by atoms with Gasteiger partial charge in [0.25, 0.3) is 0 Å². The van der Waals surface area contributed by atoms with E-state index in [9.17, 15) is 4.79 Å². The number of carbonyl (C=O) groups is 1. The molecule has 2 N–H and O–H groups in total. The molecule has 2 rings (SSSR count). The van der Waals surface area contributed by atoms with Gasteiger partial charge >= 0.3 is 6.03 Å². The van der Waals surface area contributed by atoms with Crippen molar-refractivity contribution in [1.29, 1.82) is 0 Å². The maximum absolute atomic E-state index is 12.1. The second-order valence-corrected chi connectivity index (χ2v) is 6.20. The minimum Gasteiger partial charge on any atom is -0.336 e. The van der Waals surface area contributed by atoms with Gasteiger partial charge in [-0.3, -0.25) is 5.10 Å². The lowest BCUT2D eigenvalue weighted by Gasteiger charge is -2.20. The first-order valence-corrected chi connectivity index (χ1v) is 8.08. The predicted octanol–water partition coefficient (Wildman–Crippen LogP) is 3.47. The Morgan fingerprint density at radius 1 is 1.57 bits per heavy atom. The molecule has 2 aromatic heterocycles. The Balaban J connectivity index is 1.90. The number of urea groups is 1. The number of aromatic nitrogens is 2. The number of carbonyl (C=O) groups excluding carboxylic acids is 1. The summed E-state index contributed by atoms with van der Waals surface area (Å²) in [6.45, 7) is 4.66. The number of aromatic amines is 1. The fourth-order valence-electron chi connectivity index (χ4n) is 2.15. The number of thiophene rings is 1. The number of nitrogens with one attached hydrogen (secondary N) is 2. The van der Waals surface area contributed by atoms with Crippen LogP contribution in [0.1, 0.15) is 32.4 Å². The number of H-pyrrole nitrogens is 1. The number of nitrogens with zero attached hydrogens (tertiary/aromatic N) is 2. The summed E-state index contributed by atoms with van der Waals surface area (Å²) < 4.78 is 0. The fraction of sp³-hybridized carbons (Fsp3) is 0.467. The molecule has 0 bridgehead atoms. The van der Waals surface area contributed by atoms with E-state index in [4.69, 9.17) is 0 Å². The van der Waals surface area contributed by atoms with E-state index in [1.165, 1.54) is 0 Å². The van der Waals surface area contributed by atoms with Crippen molar-refractivity contribution in [2.24, 2.45) is 0 Å². The highest BCUT2D eigenvalue weighted by atomic mass is 32.1. The molecule has 0 saturated heterocycles. The van der Waals surface area contributed by atoms with Gasteiger partial charge in [0.1, 0.15) is 5.69 Å². The zero-order valence-electron chi connectivity index (χ0n) is 12.7. The Hall–Kier alpha value is -1.82. The third-order valence-electron chi connectivity index (χ3n) is 3.25. The molecule has 0 aliphatic carbocycles. The van der Waals surface area contributed by atoms with Crippen LogP contribution >= 0.6 is 11.3 Å². The fourth-order valence-corrected chi connectivity index (χ4v) is 2.83. The molecule has 0 saturated carbocycles. The molecular formula is C15H22N4OS. The highest BCUT2D eigenvalue weighted by Gasteiger charge is 2.13. The number of amides is 2. The quantitative estimate of drug-likeness (QED) is 0.858. The van der Waals surface area contributed by atoms with Crippen LogP contribution in [0, 0.1) is 0 Å². The van der Waals surface area contributed by atoms with Crippen LogP contribution in [0.3, 0.4) is 0 Å². The van der Waals surface area contributed by atoms with E-state index in [0.29, 0.717) is 6.54 Å². The Labute approximate surface area is 129 Å². The third kappa shape index (κ3) is 4.32. The van der Waals surface area contributed by atoms with Gasteiger partial charge in [-0.15, -0.1) is 11.3 Å². The Morgan fingerprint density at radius 2 is 2.38 bits per heavy atom. The van der Waals surface area contributed by atoms with E-state index in [0.717, 1.165) is 29.1 Å². The highest BCUT2D eigenvalue weighted by Crippen LogP contribution is 2.23. The molecule has 0 aliphatic rings. The molecular weight excluding hydrogens is 284 g/mol. The molecule has 2 amide bonds. The number of hydrogen-bond acceptors (Lipinski definition) is 3. The van der Waals surface area contributed by atoms with Crippen molar-refractivity contribution in [3.63, 3.8) is 0 Å². The summed E-state index contributed by atoms with van der Waals surface area (Å²) in [4.78, 5) is 14.8. The summed E-state index contributed by atoms with van der Waals surface area (Å²) in [7, 11) is 1.79. The highest BCUT2D eigenvalue weighted by molar-refractivity contribution is 7.13. The summed E-state index contributed by atoms with van der Waals surface area (Å²) >= 11 is 1.65.